The fraction of sp³-hybridized carbons (Fsp3) is 0.381. The fourth-order valence-corrected chi connectivity index (χ4v) is 3.13. The lowest BCUT2D eigenvalue weighted by atomic mass is 9.87. The van der Waals surface area contributed by atoms with E-state index >= 15 is 0 Å². The van der Waals surface area contributed by atoms with Crippen molar-refractivity contribution in [3.8, 4) is 5.75 Å². The van der Waals surface area contributed by atoms with Crippen molar-refractivity contribution in [1.29, 1.82) is 0 Å². The molecule has 1 aromatic carbocycles. The molecule has 2 amide bonds. The van der Waals surface area contributed by atoms with Crippen LogP contribution in [0.1, 0.15) is 42.8 Å². The summed E-state index contributed by atoms with van der Waals surface area (Å²) >= 11 is 2.14. The van der Waals surface area contributed by atoms with Crippen molar-refractivity contribution in [2.75, 3.05) is 19.7 Å². The predicted octanol–water partition coefficient (Wildman–Crippen LogP) is 2.14. The van der Waals surface area contributed by atoms with Crippen LogP contribution in [0.4, 0.5) is 0 Å². The lowest BCUT2D eigenvalue weighted by Gasteiger charge is -2.19. The van der Waals surface area contributed by atoms with Crippen molar-refractivity contribution in [3.63, 3.8) is 0 Å². The molecule has 2 aromatic heterocycles. The van der Waals surface area contributed by atoms with Crippen LogP contribution < -0.4 is 15.4 Å². The molecular weight excluding hydrogens is 527 g/mol. The predicted molar refractivity (Wildman–Crippen MR) is 124 cm³/mol. The summed E-state index contributed by atoms with van der Waals surface area (Å²) < 4.78 is 13.1. The number of nitrogens with zero attached hydrogens (tertiary/aromatic N) is 4. The van der Waals surface area contributed by atoms with Crippen LogP contribution in [-0.2, 0) is 16.8 Å². The molecule has 10 nitrogen and oxygen atoms in total. The summed E-state index contributed by atoms with van der Waals surface area (Å²) in [6.07, 6.45) is 3.53. The first-order valence-corrected chi connectivity index (χ1v) is 11.1. The first-order chi connectivity index (χ1) is 15.2. The Morgan fingerprint density at radius 3 is 2.53 bits per heavy atom. The molecule has 0 unspecified atom stereocenters. The number of rotatable bonds is 9. The number of hydrogen-bond acceptors (Lipinski definition) is 7. The molecule has 0 radical (unpaired) electrons. The van der Waals surface area contributed by atoms with Crippen molar-refractivity contribution < 1.29 is 18.8 Å². The topological polar surface area (TPSA) is 124 Å². The van der Waals surface area contributed by atoms with Crippen LogP contribution in [0.15, 0.2) is 41.2 Å². The summed E-state index contributed by atoms with van der Waals surface area (Å²) in [5, 5.41) is 13.2. The highest BCUT2D eigenvalue weighted by atomic mass is 127. The van der Waals surface area contributed by atoms with E-state index in [0.29, 0.717) is 18.1 Å². The molecule has 0 bridgehead atoms. The Hall–Kier alpha value is -2.96. The zero-order chi connectivity index (χ0) is 23.1. The minimum Gasteiger partial charge on any atom is -0.484 e. The Balaban J connectivity index is 1.34. The molecular formula is C21H25IN6O4. The molecule has 0 aliphatic heterocycles. The number of carbonyl (C=O) groups is 2. The van der Waals surface area contributed by atoms with E-state index in [9.17, 15) is 9.59 Å². The monoisotopic (exact) mass is 552 g/mol. The first-order valence-electron chi connectivity index (χ1n) is 9.99. The zero-order valence-corrected chi connectivity index (χ0v) is 20.2. The largest absolute Gasteiger partial charge is 0.484 e. The smallest absolute Gasteiger partial charge is 0.316 e. The van der Waals surface area contributed by atoms with E-state index in [0.717, 1.165) is 3.57 Å². The third-order valence-electron chi connectivity index (χ3n) is 4.39. The third kappa shape index (κ3) is 7.04. The number of amides is 2. The molecule has 0 saturated carbocycles. The fourth-order valence-electron chi connectivity index (χ4n) is 2.68. The number of carbonyl (C=O) groups excluding carboxylic acids is 2. The highest BCUT2D eigenvalue weighted by Gasteiger charge is 2.16. The second kappa shape index (κ2) is 10.6. The summed E-state index contributed by atoms with van der Waals surface area (Å²) in [6, 6.07) is 7.67. The van der Waals surface area contributed by atoms with Crippen molar-refractivity contribution in [2.24, 2.45) is 0 Å². The van der Waals surface area contributed by atoms with Gasteiger partial charge in [-0.1, -0.05) is 38.1 Å². The number of halogens is 1. The van der Waals surface area contributed by atoms with E-state index in [1.807, 2.05) is 30.5 Å². The lowest BCUT2D eigenvalue weighted by molar-refractivity contribution is -0.123. The average Bonchev–Trinajstić information content (AvgIpc) is 3.38. The molecule has 2 heterocycles. The Labute approximate surface area is 199 Å². The average molecular weight is 552 g/mol. The second-order valence-corrected chi connectivity index (χ2v) is 9.29. The van der Waals surface area contributed by atoms with Crippen LogP contribution in [0, 0.1) is 3.57 Å². The van der Waals surface area contributed by atoms with Gasteiger partial charge in [-0.2, -0.15) is 10.1 Å². The number of nitrogens with one attached hydrogen (secondary N) is 2. The van der Waals surface area contributed by atoms with Gasteiger partial charge in [0, 0.05) is 19.3 Å². The molecule has 32 heavy (non-hydrogen) atoms. The Kier molecular flexibility index (Phi) is 7.83. The third-order valence-corrected chi connectivity index (χ3v) is 4.95. The molecule has 11 heteroatoms. The van der Waals surface area contributed by atoms with E-state index in [-0.39, 0.29) is 36.9 Å². The SMILES string of the molecule is CC(C)(C)c1ccc(OCC(=O)NCCNC(=O)c2nc(Cn3cc(I)cn3)no2)cc1. The quantitative estimate of drug-likeness (QED) is 0.308. The molecule has 3 rings (SSSR count). The molecule has 0 atom stereocenters. The number of ether oxygens (including phenoxy) is 1. The highest BCUT2D eigenvalue weighted by Crippen LogP contribution is 2.24. The number of benzene rings is 1. The molecule has 2 N–H and O–H groups in total. The maximum Gasteiger partial charge on any atom is 0.316 e. The van der Waals surface area contributed by atoms with Crippen LogP contribution in [0.25, 0.3) is 0 Å². The molecule has 3 aromatic rings. The van der Waals surface area contributed by atoms with Gasteiger partial charge < -0.3 is 19.9 Å². The maximum atomic E-state index is 12.1. The summed E-state index contributed by atoms with van der Waals surface area (Å²) in [4.78, 5) is 28.1. The van der Waals surface area contributed by atoms with Gasteiger partial charge in [-0.25, -0.2) is 0 Å². The van der Waals surface area contributed by atoms with Crippen LogP contribution in [0.3, 0.4) is 0 Å². The summed E-state index contributed by atoms with van der Waals surface area (Å²) in [5.74, 6) is 0.0284. The standard InChI is InChI=1S/C21H25IN6O4/c1-21(2,3)14-4-6-16(7-5-14)31-13-18(29)23-8-9-24-19(30)20-26-17(27-32-20)12-28-11-15(22)10-25-28/h4-7,10-11H,8-9,12-13H2,1-3H3,(H,23,29)(H,24,30). The van der Waals surface area contributed by atoms with Crippen molar-refractivity contribution in [1.82, 2.24) is 30.6 Å². The second-order valence-electron chi connectivity index (χ2n) is 8.04. The van der Waals surface area contributed by atoms with Gasteiger partial charge in [-0.3, -0.25) is 14.3 Å². The normalized spacial score (nSPS) is 11.2. The minimum absolute atomic E-state index is 0.0573. The van der Waals surface area contributed by atoms with E-state index in [1.165, 1.54) is 5.56 Å². The van der Waals surface area contributed by atoms with Crippen molar-refractivity contribution in [2.45, 2.75) is 32.7 Å². The van der Waals surface area contributed by atoms with Crippen LogP contribution in [-0.4, -0.2) is 51.4 Å². The maximum absolute atomic E-state index is 12.1. The summed E-state index contributed by atoms with van der Waals surface area (Å²) in [5.41, 5.74) is 1.25. The Morgan fingerprint density at radius 1 is 1.16 bits per heavy atom. The van der Waals surface area contributed by atoms with Gasteiger partial charge >= 0.3 is 11.8 Å². The van der Waals surface area contributed by atoms with Crippen molar-refractivity contribution >= 4 is 34.4 Å². The number of aromatic nitrogens is 4. The Morgan fingerprint density at radius 2 is 1.88 bits per heavy atom. The molecule has 0 aliphatic rings. The van der Waals surface area contributed by atoms with Gasteiger partial charge in [-0.05, 0) is 45.7 Å². The Bertz CT molecular complexity index is 1050. The summed E-state index contributed by atoms with van der Waals surface area (Å²) in [7, 11) is 0. The molecule has 0 saturated heterocycles. The molecule has 170 valence electrons. The van der Waals surface area contributed by atoms with Gasteiger partial charge in [0.2, 0.25) is 0 Å². The van der Waals surface area contributed by atoms with Crippen LogP contribution >= 0.6 is 22.6 Å². The summed E-state index contributed by atoms with van der Waals surface area (Å²) in [6.45, 7) is 7.04. The minimum atomic E-state index is -0.511. The molecule has 0 fully saturated rings. The van der Waals surface area contributed by atoms with Gasteiger partial charge in [-0.15, -0.1) is 0 Å². The highest BCUT2D eigenvalue weighted by molar-refractivity contribution is 14.1. The van der Waals surface area contributed by atoms with Gasteiger partial charge in [0.25, 0.3) is 5.91 Å². The van der Waals surface area contributed by atoms with Crippen LogP contribution in [0.5, 0.6) is 5.75 Å². The lowest BCUT2D eigenvalue weighted by Crippen LogP contribution is -2.36. The van der Waals surface area contributed by atoms with Crippen molar-refractivity contribution in [3.05, 3.63) is 57.5 Å². The first kappa shape index (κ1) is 23.7. The van der Waals surface area contributed by atoms with Gasteiger partial charge in [0.05, 0.1) is 9.77 Å². The molecule has 0 aliphatic carbocycles. The van der Waals surface area contributed by atoms with E-state index in [4.69, 9.17) is 9.26 Å². The van der Waals surface area contributed by atoms with Gasteiger partial charge in [0.15, 0.2) is 12.4 Å². The van der Waals surface area contributed by atoms with E-state index < -0.39 is 5.91 Å². The van der Waals surface area contributed by atoms with Gasteiger partial charge in [0.1, 0.15) is 12.3 Å². The van der Waals surface area contributed by atoms with E-state index in [1.54, 1.807) is 10.9 Å². The number of hydrogen-bond donors (Lipinski definition) is 2. The van der Waals surface area contributed by atoms with E-state index in [2.05, 4.69) is 69.2 Å². The van der Waals surface area contributed by atoms with Crippen LogP contribution in [0.2, 0.25) is 0 Å². The zero-order valence-electron chi connectivity index (χ0n) is 18.1. The molecule has 0 spiro atoms.